The van der Waals surface area contributed by atoms with Gasteiger partial charge in [0.25, 0.3) is 0 Å². The van der Waals surface area contributed by atoms with E-state index in [1.54, 1.807) is 6.07 Å². The Labute approximate surface area is 101 Å². The molecule has 1 aromatic rings. The van der Waals surface area contributed by atoms with Crippen LogP contribution in [0, 0.1) is 0 Å². The third kappa shape index (κ3) is 4.28. The summed E-state index contributed by atoms with van der Waals surface area (Å²) < 4.78 is 5.13. The molecule has 2 N–H and O–H groups in total. The Balaban J connectivity index is 2.91. The summed E-state index contributed by atoms with van der Waals surface area (Å²) in [7, 11) is 3.41. The number of ether oxygens (including phenoxy) is 1. The molecule has 17 heavy (non-hydrogen) atoms. The molecule has 0 saturated heterocycles. The van der Waals surface area contributed by atoms with Crippen molar-refractivity contribution in [3.8, 4) is 5.75 Å². The Bertz CT molecular complexity index is 413. The molecule has 0 aliphatic heterocycles. The Morgan fingerprint density at radius 2 is 2.29 bits per heavy atom. The van der Waals surface area contributed by atoms with Crippen LogP contribution in [0.3, 0.4) is 0 Å². The summed E-state index contributed by atoms with van der Waals surface area (Å²) in [5, 5.41) is 11.8. The van der Waals surface area contributed by atoms with Crippen LogP contribution in [0.1, 0.15) is 11.1 Å². The lowest BCUT2D eigenvalue weighted by atomic mass is 10.1. The minimum atomic E-state index is -0.861. The summed E-state index contributed by atoms with van der Waals surface area (Å²) in [5.41, 5.74) is 1.66. The van der Waals surface area contributed by atoms with E-state index in [-0.39, 0.29) is 6.42 Å². The number of aliphatic carboxylic acids is 1. The third-order valence-electron chi connectivity index (χ3n) is 2.28. The van der Waals surface area contributed by atoms with E-state index in [0.717, 1.165) is 12.1 Å². The number of nitrogens with one attached hydrogen (secondary N) is 1. The van der Waals surface area contributed by atoms with Crippen molar-refractivity contribution in [2.75, 3.05) is 20.7 Å². The first-order valence-corrected chi connectivity index (χ1v) is 5.37. The molecule has 0 aliphatic carbocycles. The predicted octanol–water partition coefficient (Wildman–Crippen LogP) is 1.55. The fraction of sp³-hybridized carbons (Fsp3) is 0.308. The average Bonchev–Trinajstić information content (AvgIpc) is 2.29. The molecule has 0 atom stereocenters. The molecule has 4 nitrogen and oxygen atoms in total. The van der Waals surface area contributed by atoms with E-state index in [0.29, 0.717) is 11.3 Å². The number of rotatable bonds is 6. The van der Waals surface area contributed by atoms with E-state index in [1.807, 2.05) is 31.3 Å². The second-order valence-corrected chi connectivity index (χ2v) is 3.60. The quantitative estimate of drug-likeness (QED) is 0.785. The highest BCUT2D eigenvalue weighted by Crippen LogP contribution is 2.21. The summed E-state index contributed by atoms with van der Waals surface area (Å²) in [6.07, 6.45) is 3.89. The zero-order valence-corrected chi connectivity index (χ0v) is 10.1. The molecular weight excluding hydrogens is 218 g/mol. The van der Waals surface area contributed by atoms with E-state index >= 15 is 0 Å². The van der Waals surface area contributed by atoms with Gasteiger partial charge >= 0.3 is 5.97 Å². The van der Waals surface area contributed by atoms with Gasteiger partial charge < -0.3 is 15.2 Å². The Hall–Kier alpha value is -1.81. The summed E-state index contributed by atoms with van der Waals surface area (Å²) in [5.74, 6) is -0.252. The third-order valence-corrected chi connectivity index (χ3v) is 2.28. The smallest absolute Gasteiger partial charge is 0.307 e. The molecular formula is C13H17NO3. The zero-order valence-electron chi connectivity index (χ0n) is 10.1. The molecule has 0 bridgehead atoms. The van der Waals surface area contributed by atoms with Crippen molar-refractivity contribution in [2.24, 2.45) is 0 Å². The highest BCUT2D eigenvalue weighted by Gasteiger charge is 2.07. The molecule has 0 aromatic heterocycles. The monoisotopic (exact) mass is 235 g/mol. The van der Waals surface area contributed by atoms with E-state index in [2.05, 4.69) is 5.32 Å². The number of benzene rings is 1. The van der Waals surface area contributed by atoms with E-state index in [1.165, 1.54) is 7.11 Å². The second kappa shape index (κ2) is 6.70. The Morgan fingerprint density at radius 1 is 1.53 bits per heavy atom. The van der Waals surface area contributed by atoms with Crippen LogP contribution in [-0.4, -0.2) is 31.8 Å². The van der Waals surface area contributed by atoms with Crippen LogP contribution < -0.4 is 10.1 Å². The first-order chi connectivity index (χ1) is 8.17. The highest BCUT2D eigenvalue weighted by molar-refractivity contribution is 5.72. The fourth-order valence-electron chi connectivity index (χ4n) is 1.52. The van der Waals surface area contributed by atoms with E-state index in [4.69, 9.17) is 9.84 Å². The fourth-order valence-corrected chi connectivity index (χ4v) is 1.52. The lowest BCUT2D eigenvalue weighted by Gasteiger charge is -2.07. The first kappa shape index (κ1) is 13.3. The van der Waals surface area contributed by atoms with Gasteiger partial charge in [0.05, 0.1) is 13.5 Å². The normalized spacial score (nSPS) is 10.7. The summed E-state index contributed by atoms with van der Waals surface area (Å²) in [6.45, 7) is 0.778. The molecule has 0 saturated carbocycles. The van der Waals surface area contributed by atoms with Gasteiger partial charge in [0.1, 0.15) is 5.75 Å². The van der Waals surface area contributed by atoms with Crippen molar-refractivity contribution < 1.29 is 14.6 Å². The van der Waals surface area contributed by atoms with Crippen LogP contribution in [0.5, 0.6) is 5.75 Å². The molecule has 92 valence electrons. The van der Waals surface area contributed by atoms with Crippen molar-refractivity contribution in [1.29, 1.82) is 0 Å². The first-order valence-electron chi connectivity index (χ1n) is 5.37. The van der Waals surface area contributed by atoms with Gasteiger partial charge in [0, 0.05) is 12.1 Å². The number of carboxylic acids is 1. The van der Waals surface area contributed by atoms with E-state index < -0.39 is 5.97 Å². The zero-order chi connectivity index (χ0) is 12.7. The maximum Gasteiger partial charge on any atom is 0.307 e. The van der Waals surface area contributed by atoms with Crippen molar-refractivity contribution in [1.82, 2.24) is 5.32 Å². The van der Waals surface area contributed by atoms with Gasteiger partial charge in [-0.25, -0.2) is 0 Å². The van der Waals surface area contributed by atoms with Crippen LogP contribution in [-0.2, 0) is 11.2 Å². The van der Waals surface area contributed by atoms with Crippen molar-refractivity contribution in [3.05, 3.63) is 35.4 Å². The van der Waals surface area contributed by atoms with Crippen LogP contribution in [0.25, 0.3) is 6.08 Å². The van der Waals surface area contributed by atoms with Crippen LogP contribution >= 0.6 is 0 Å². The van der Waals surface area contributed by atoms with Crippen LogP contribution in [0.15, 0.2) is 24.3 Å². The molecule has 0 amide bonds. The van der Waals surface area contributed by atoms with Crippen molar-refractivity contribution in [2.45, 2.75) is 6.42 Å². The van der Waals surface area contributed by atoms with Gasteiger partial charge in [-0.1, -0.05) is 18.2 Å². The molecule has 0 aliphatic rings. The molecule has 0 unspecified atom stereocenters. The molecule has 1 rings (SSSR count). The Kier molecular flexibility index (Phi) is 5.23. The van der Waals surface area contributed by atoms with E-state index in [9.17, 15) is 4.79 Å². The number of hydrogen-bond donors (Lipinski definition) is 2. The minimum Gasteiger partial charge on any atom is -0.496 e. The average molecular weight is 235 g/mol. The molecule has 0 spiro atoms. The highest BCUT2D eigenvalue weighted by atomic mass is 16.5. The van der Waals surface area contributed by atoms with Crippen LogP contribution in [0.2, 0.25) is 0 Å². The van der Waals surface area contributed by atoms with Gasteiger partial charge in [-0.05, 0) is 24.7 Å². The summed E-state index contributed by atoms with van der Waals surface area (Å²) in [6, 6.07) is 5.52. The van der Waals surface area contributed by atoms with Gasteiger partial charge in [-0.15, -0.1) is 0 Å². The van der Waals surface area contributed by atoms with Crippen molar-refractivity contribution in [3.63, 3.8) is 0 Å². The SMILES string of the molecule is CNCC=Cc1ccc(OC)c(CC(=O)O)c1. The minimum absolute atomic E-state index is 0.0309. The number of likely N-dealkylation sites (N-methyl/N-ethyl adjacent to an activating group) is 1. The molecule has 0 heterocycles. The Morgan fingerprint density at radius 3 is 2.88 bits per heavy atom. The lowest BCUT2D eigenvalue weighted by Crippen LogP contribution is -2.04. The predicted molar refractivity (Wildman–Crippen MR) is 67.3 cm³/mol. The number of hydrogen-bond acceptors (Lipinski definition) is 3. The van der Waals surface area contributed by atoms with Crippen molar-refractivity contribution >= 4 is 12.0 Å². The lowest BCUT2D eigenvalue weighted by molar-refractivity contribution is -0.136. The topological polar surface area (TPSA) is 58.6 Å². The molecule has 1 aromatic carbocycles. The maximum atomic E-state index is 10.7. The largest absolute Gasteiger partial charge is 0.496 e. The number of carboxylic acid groups (broad SMARTS) is 1. The van der Waals surface area contributed by atoms with Gasteiger partial charge in [-0.2, -0.15) is 0 Å². The van der Waals surface area contributed by atoms with Gasteiger partial charge in [0.15, 0.2) is 0 Å². The molecule has 4 heteroatoms. The van der Waals surface area contributed by atoms with Gasteiger partial charge in [0.2, 0.25) is 0 Å². The molecule has 0 fully saturated rings. The van der Waals surface area contributed by atoms with Gasteiger partial charge in [-0.3, -0.25) is 4.79 Å². The summed E-state index contributed by atoms with van der Waals surface area (Å²) >= 11 is 0. The number of carbonyl (C=O) groups is 1. The second-order valence-electron chi connectivity index (χ2n) is 3.60. The summed E-state index contributed by atoms with van der Waals surface area (Å²) in [4.78, 5) is 10.7. The standard InChI is InChI=1S/C13H17NO3/c1-14-7-3-4-10-5-6-12(17-2)11(8-10)9-13(15)16/h3-6,8,14H,7,9H2,1-2H3,(H,15,16). The van der Waals surface area contributed by atoms with Crippen LogP contribution in [0.4, 0.5) is 0 Å². The molecule has 0 radical (unpaired) electrons. The number of methoxy groups -OCH3 is 1. The maximum absolute atomic E-state index is 10.7.